The molecule has 1 aromatic heterocycles. The summed E-state index contributed by atoms with van der Waals surface area (Å²) in [7, 11) is 3.86. The highest BCUT2D eigenvalue weighted by atomic mass is 16.2. The number of hydrogen-bond donors (Lipinski definition) is 0. The maximum absolute atomic E-state index is 13.3. The summed E-state index contributed by atoms with van der Waals surface area (Å²) in [5, 5.41) is 4.67. The monoisotopic (exact) mass is 409 g/mol. The maximum Gasteiger partial charge on any atom is 0.274 e. The second kappa shape index (κ2) is 9.31. The number of piperazine rings is 1. The molecule has 1 aliphatic heterocycles. The quantitative estimate of drug-likeness (QED) is 0.736. The van der Waals surface area contributed by atoms with Crippen LogP contribution >= 0.6 is 0 Å². The Morgan fingerprint density at radius 1 is 1.17 bits per heavy atom. The summed E-state index contributed by atoms with van der Waals surface area (Å²) in [4.78, 5) is 20.3. The summed E-state index contributed by atoms with van der Waals surface area (Å²) in [5.41, 5.74) is 4.21. The van der Waals surface area contributed by atoms with Crippen LogP contribution < -0.4 is 0 Å². The van der Waals surface area contributed by atoms with Crippen molar-refractivity contribution in [3.63, 3.8) is 0 Å². The highest BCUT2D eigenvalue weighted by molar-refractivity contribution is 5.94. The first-order chi connectivity index (χ1) is 14.6. The molecule has 2 aromatic rings. The molecule has 1 aromatic carbocycles. The van der Waals surface area contributed by atoms with Crippen molar-refractivity contribution in [2.45, 2.75) is 45.2 Å². The average Bonchev–Trinajstić information content (AvgIpc) is 3.10. The van der Waals surface area contributed by atoms with E-state index in [0.29, 0.717) is 18.3 Å². The molecule has 1 aliphatic carbocycles. The van der Waals surface area contributed by atoms with E-state index in [-0.39, 0.29) is 5.91 Å². The summed E-state index contributed by atoms with van der Waals surface area (Å²) < 4.78 is 1.94. The van der Waals surface area contributed by atoms with Crippen LogP contribution in [0.2, 0.25) is 0 Å². The first kappa shape index (κ1) is 21.1. The van der Waals surface area contributed by atoms with Gasteiger partial charge in [0, 0.05) is 64.1 Å². The Balaban J connectivity index is 1.46. The Morgan fingerprint density at radius 2 is 1.90 bits per heavy atom. The van der Waals surface area contributed by atoms with Crippen LogP contribution in [0, 0.1) is 0 Å². The highest BCUT2D eigenvalue weighted by Gasteiger charge is 2.33. The van der Waals surface area contributed by atoms with Gasteiger partial charge in [0.1, 0.15) is 0 Å². The fourth-order valence-electron chi connectivity index (χ4n) is 5.03. The molecule has 162 valence electrons. The van der Waals surface area contributed by atoms with Gasteiger partial charge in [-0.25, -0.2) is 0 Å². The zero-order valence-corrected chi connectivity index (χ0v) is 18.7. The predicted molar refractivity (Wildman–Crippen MR) is 120 cm³/mol. The van der Waals surface area contributed by atoms with E-state index in [4.69, 9.17) is 0 Å². The largest absolute Gasteiger partial charge is 0.336 e. The fraction of sp³-hybridized carbons (Fsp3) is 0.583. The van der Waals surface area contributed by atoms with Crippen molar-refractivity contribution in [1.29, 1.82) is 0 Å². The van der Waals surface area contributed by atoms with Crippen LogP contribution in [0.5, 0.6) is 0 Å². The Kier molecular flexibility index (Phi) is 6.54. The van der Waals surface area contributed by atoms with Gasteiger partial charge in [-0.05, 0) is 37.8 Å². The van der Waals surface area contributed by atoms with Gasteiger partial charge in [0.15, 0.2) is 5.69 Å². The molecule has 0 N–H and O–H groups in total. The van der Waals surface area contributed by atoms with Gasteiger partial charge in [0.25, 0.3) is 5.91 Å². The zero-order valence-electron chi connectivity index (χ0n) is 18.7. The van der Waals surface area contributed by atoms with Crippen LogP contribution in [-0.4, -0.2) is 76.2 Å². The lowest BCUT2D eigenvalue weighted by Crippen LogP contribution is -2.51. The first-order valence-electron chi connectivity index (χ1n) is 11.4. The van der Waals surface area contributed by atoms with E-state index in [9.17, 15) is 4.79 Å². The second-order valence-electron chi connectivity index (χ2n) is 8.82. The number of aromatic nitrogens is 2. The van der Waals surface area contributed by atoms with Crippen LogP contribution in [-0.2, 0) is 26.4 Å². The number of nitrogens with zero attached hydrogens (tertiary/aromatic N) is 5. The molecule has 1 saturated heterocycles. The smallest absolute Gasteiger partial charge is 0.274 e. The van der Waals surface area contributed by atoms with Gasteiger partial charge in [-0.3, -0.25) is 14.4 Å². The average molecular weight is 410 g/mol. The van der Waals surface area contributed by atoms with Crippen molar-refractivity contribution in [3.05, 3.63) is 52.8 Å². The van der Waals surface area contributed by atoms with E-state index >= 15 is 0 Å². The molecule has 1 unspecified atom stereocenters. The van der Waals surface area contributed by atoms with Crippen molar-refractivity contribution in [1.82, 2.24) is 24.5 Å². The summed E-state index contributed by atoms with van der Waals surface area (Å²) >= 11 is 0. The van der Waals surface area contributed by atoms with Gasteiger partial charge >= 0.3 is 0 Å². The van der Waals surface area contributed by atoms with Crippen molar-refractivity contribution in [2.75, 3.05) is 39.8 Å². The lowest BCUT2D eigenvalue weighted by molar-refractivity contribution is 0.0772. The molecule has 4 rings (SSSR count). The minimum Gasteiger partial charge on any atom is -0.336 e. The van der Waals surface area contributed by atoms with E-state index in [0.717, 1.165) is 51.0 Å². The summed E-state index contributed by atoms with van der Waals surface area (Å²) in [6.45, 7) is 8.66. The first-order valence-corrected chi connectivity index (χ1v) is 11.4. The Labute approximate surface area is 180 Å². The number of carbonyl (C=O) groups is 1. The normalized spacial score (nSPS) is 20.2. The summed E-state index contributed by atoms with van der Waals surface area (Å²) in [6, 6.07) is 10.7. The molecule has 2 heterocycles. The molecule has 0 spiro atoms. The predicted octanol–water partition coefficient (Wildman–Crippen LogP) is 2.58. The van der Waals surface area contributed by atoms with E-state index in [1.165, 1.54) is 24.2 Å². The third-order valence-corrected chi connectivity index (χ3v) is 6.70. The summed E-state index contributed by atoms with van der Waals surface area (Å²) in [6.07, 6.45) is 4.34. The Bertz CT molecular complexity index is 854. The third kappa shape index (κ3) is 4.44. The van der Waals surface area contributed by atoms with Crippen molar-refractivity contribution < 1.29 is 4.79 Å². The lowest BCUT2D eigenvalue weighted by Gasteiger charge is -2.40. The number of rotatable bonds is 6. The standard InChI is InChI=1S/C24H35N5O/c1-4-12-28-13-15-29(16-14-28)20-10-11-22-21(17-20)23(25-27(22)3)24(30)26(2)18-19-8-6-5-7-9-19/h5-9,20H,4,10-18H2,1-3H3. The van der Waals surface area contributed by atoms with Crippen molar-refractivity contribution in [2.24, 2.45) is 7.05 Å². The van der Waals surface area contributed by atoms with Gasteiger partial charge in [-0.1, -0.05) is 37.3 Å². The molecule has 0 radical (unpaired) electrons. The Morgan fingerprint density at radius 3 is 2.60 bits per heavy atom. The SMILES string of the molecule is CCCN1CCN(C2CCc3c(c(C(=O)N(C)Cc4ccccc4)nn3C)C2)CC1. The number of carbonyl (C=O) groups excluding carboxylic acids is 1. The molecule has 1 fully saturated rings. The molecule has 6 nitrogen and oxygen atoms in total. The molecule has 2 aliphatic rings. The van der Waals surface area contributed by atoms with Gasteiger partial charge in [-0.15, -0.1) is 0 Å². The molecule has 1 atom stereocenters. The number of aryl methyl sites for hydroxylation is 1. The zero-order chi connectivity index (χ0) is 21.1. The molecule has 0 saturated carbocycles. The van der Waals surface area contributed by atoms with E-state index in [2.05, 4.69) is 34.0 Å². The third-order valence-electron chi connectivity index (χ3n) is 6.70. The Hall–Kier alpha value is -2.18. The van der Waals surface area contributed by atoms with E-state index < -0.39 is 0 Å². The van der Waals surface area contributed by atoms with E-state index in [1.807, 2.05) is 37.0 Å². The van der Waals surface area contributed by atoms with Gasteiger partial charge < -0.3 is 9.80 Å². The number of hydrogen-bond acceptors (Lipinski definition) is 4. The van der Waals surface area contributed by atoms with Crippen LogP contribution in [0.25, 0.3) is 0 Å². The van der Waals surface area contributed by atoms with Crippen LogP contribution in [0.4, 0.5) is 0 Å². The minimum atomic E-state index is 0.0316. The molecular weight excluding hydrogens is 374 g/mol. The number of fused-ring (bicyclic) bond motifs is 1. The van der Waals surface area contributed by atoms with E-state index in [1.54, 1.807) is 4.90 Å². The maximum atomic E-state index is 13.3. The number of benzene rings is 1. The highest BCUT2D eigenvalue weighted by Crippen LogP contribution is 2.28. The van der Waals surface area contributed by atoms with Gasteiger partial charge in [-0.2, -0.15) is 5.10 Å². The van der Waals surface area contributed by atoms with Crippen LogP contribution in [0.15, 0.2) is 30.3 Å². The molecule has 30 heavy (non-hydrogen) atoms. The van der Waals surface area contributed by atoms with Crippen molar-refractivity contribution >= 4 is 5.91 Å². The topological polar surface area (TPSA) is 44.6 Å². The number of amides is 1. The van der Waals surface area contributed by atoms with Gasteiger partial charge in [0.2, 0.25) is 0 Å². The minimum absolute atomic E-state index is 0.0316. The van der Waals surface area contributed by atoms with Crippen LogP contribution in [0.1, 0.15) is 47.1 Å². The molecule has 1 amide bonds. The van der Waals surface area contributed by atoms with Crippen LogP contribution in [0.3, 0.4) is 0 Å². The fourth-order valence-corrected chi connectivity index (χ4v) is 5.03. The van der Waals surface area contributed by atoms with Crippen molar-refractivity contribution in [3.8, 4) is 0 Å². The van der Waals surface area contributed by atoms with Gasteiger partial charge in [0.05, 0.1) is 0 Å². The molecule has 0 bridgehead atoms. The second-order valence-corrected chi connectivity index (χ2v) is 8.82. The lowest BCUT2D eigenvalue weighted by atomic mass is 9.89. The summed E-state index contributed by atoms with van der Waals surface area (Å²) in [5.74, 6) is 0.0316. The molecular formula is C24H35N5O. The molecule has 6 heteroatoms.